The average molecular weight is 344 g/mol. The van der Waals surface area contributed by atoms with Crippen molar-refractivity contribution in [3.8, 4) is 0 Å². The first kappa shape index (κ1) is 14.8. The van der Waals surface area contributed by atoms with Crippen molar-refractivity contribution in [2.45, 2.75) is 25.3 Å². The maximum absolute atomic E-state index is 13.1. The third kappa shape index (κ3) is 3.09. The molecule has 20 heavy (non-hydrogen) atoms. The fourth-order valence-corrected chi connectivity index (χ4v) is 2.83. The summed E-state index contributed by atoms with van der Waals surface area (Å²) >= 11 is 3.05. The van der Waals surface area contributed by atoms with Crippen molar-refractivity contribution in [2.24, 2.45) is 16.8 Å². The van der Waals surface area contributed by atoms with Crippen molar-refractivity contribution in [3.63, 3.8) is 0 Å². The van der Waals surface area contributed by atoms with Crippen LogP contribution >= 0.6 is 15.9 Å². The Hall–Kier alpha value is -1.63. The molecule has 1 aromatic carbocycles. The summed E-state index contributed by atoms with van der Waals surface area (Å²) in [5, 5.41) is 14.6. The maximum atomic E-state index is 13.1. The van der Waals surface area contributed by atoms with Gasteiger partial charge < -0.3 is 16.3 Å². The zero-order valence-electron chi connectivity index (χ0n) is 10.6. The van der Waals surface area contributed by atoms with E-state index in [1.165, 1.54) is 18.2 Å². The lowest BCUT2D eigenvalue weighted by atomic mass is 10.0. The van der Waals surface area contributed by atoms with E-state index < -0.39 is 5.82 Å². The highest BCUT2D eigenvalue weighted by Gasteiger charge is 2.32. The van der Waals surface area contributed by atoms with Crippen molar-refractivity contribution in [1.29, 1.82) is 0 Å². The van der Waals surface area contributed by atoms with Crippen molar-refractivity contribution < 1.29 is 14.4 Å². The van der Waals surface area contributed by atoms with Gasteiger partial charge in [0.25, 0.3) is 5.91 Å². The molecule has 0 spiro atoms. The van der Waals surface area contributed by atoms with Crippen LogP contribution in [0.25, 0.3) is 0 Å². The van der Waals surface area contributed by atoms with E-state index in [0.29, 0.717) is 5.56 Å². The highest BCUT2D eigenvalue weighted by atomic mass is 79.9. The number of halogens is 2. The Morgan fingerprint density at radius 1 is 1.50 bits per heavy atom. The second kappa shape index (κ2) is 6.21. The number of amides is 1. The summed E-state index contributed by atoms with van der Waals surface area (Å²) < 4.78 is 13.4. The number of nitrogens with zero attached hydrogens (tertiary/aromatic N) is 1. The molecule has 7 heteroatoms. The molecule has 4 N–H and O–H groups in total. The number of carbonyl (C=O) groups is 1. The molecule has 108 valence electrons. The van der Waals surface area contributed by atoms with Gasteiger partial charge in [-0.3, -0.25) is 4.79 Å². The summed E-state index contributed by atoms with van der Waals surface area (Å²) in [5.41, 5.74) is 5.98. The minimum atomic E-state index is -0.419. The first-order valence-corrected chi connectivity index (χ1v) is 7.05. The lowest BCUT2D eigenvalue weighted by molar-refractivity contribution is 0.0933. The summed E-state index contributed by atoms with van der Waals surface area (Å²) in [6, 6.07) is 3.91. The number of hydrogen-bond acceptors (Lipinski definition) is 3. The van der Waals surface area contributed by atoms with Crippen molar-refractivity contribution in [1.82, 2.24) is 5.32 Å². The van der Waals surface area contributed by atoms with Crippen LogP contribution in [0.5, 0.6) is 0 Å². The third-order valence-corrected chi connectivity index (χ3v) is 4.12. The number of rotatable bonds is 3. The van der Waals surface area contributed by atoms with Crippen LogP contribution in [0.2, 0.25) is 0 Å². The molecule has 1 amide bonds. The van der Waals surface area contributed by atoms with Crippen LogP contribution in [-0.2, 0) is 0 Å². The molecule has 1 aliphatic rings. The molecule has 0 aliphatic heterocycles. The van der Waals surface area contributed by atoms with Crippen LogP contribution in [0.4, 0.5) is 4.39 Å². The molecule has 0 saturated heterocycles. The van der Waals surface area contributed by atoms with Crippen LogP contribution in [0.1, 0.15) is 29.6 Å². The van der Waals surface area contributed by atoms with Crippen molar-refractivity contribution in [2.75, 3.05) is 0 Å². The molecule has 2 atom stereocenters. The molecule has 0 bridgehead atoms. The Bertz CT molecular complexity index is 550. The van der Waals surface area contributed by atoms with Gasteiger partial charge in [-0.05, 0) is 47.0 Å². The van der Waals surface area contributed by atoms with Crippen LogP contribution in [0.3, 0.4) is 0 Å². The van der Waals surface area contributed by atoms with Crippen LogP contribution < -0.4 is 11.1 Å². The Morgan fingerprint density at radius 3 is 2.90 bits per heavy atom. The Balaban J connectivity index is 2.09. The van der Waals surface area contributed by atoms with E-state index in [2.05, 4.69) is 26.4 Å². The van der Waals surface area contributed by atoms with E-state index in [-0.39, 0.29) is 28.2 Å². The van der Waals surface area contributed by atoms with E-state index in [4.69, 9.17) is 10.9 Å². The predicted octanol–water partition coefficient (Wildman–Crippen LogP) is 2.23. The second-order valence-electron chi connectivity index (χ2n) is 4.77. The Labute approximate surface area is 124 Å². The normalized spacial score (nSPS) is 22.8. The molecular formula is C13H15BrFN3O2. The molecule has 1 aliphatic carbocycles. The maximum Gasteiger partial charge on any atom is 0.251 e. The predicted molar refractivity (Wildman–Crippen MR) is 76.1 cm³/mol. The number of oxime groups is 1. The highest BCUT2D eigenvalue weighted by molar-refractivity contribution is 9.10. The molecule has 0 radical (unpaired) electrons. The summed E-state index contributed by atoms with van der Waals surface area (Å²) in [5.74, 6) is -0.744. The molecule has 1 aromatic rings. The molecule has 5 nitrogen and oxygen atoms in total. The lowest BCUT2D eigenvalue weighted by Crippen LogP contribution is -2.42. The Kier molecular flexibility index (Phi) is 4.59. The molecular weight excluding hydrogens is 329 g/mol. The van der Waals surface area contributed by atoms with Gasteiger partial charge in [0.2, 0.25) is 0 Å². The van der Waals surface area contributed by atoms with Gasteiger partial charge in [0.05, 0.1) is 4.47 Å². The van der Waals surface area contributed by atoms with E-state index in [0.717, 1.165) is 19.3 Å². The van der Waals surface area contributed by atoms with Gasteiger partial charge in [0.15, 0.2) is 0 Å². The SMILES string of the molecule is N/C(=N/O)C1CCCC1NC(=O)c1ccc(F)c(Br)c1. The van der Waals surface area contributed by atoms with Gasteiger partial charge in [-0.1, -0.05) is 11.6 Å². The monoisotopic (exact) mass is 343 g/mol. The largest absolute Gasteiger partial charge is 0.409 e. The molecule has 0 heterocycles. The van der Waals surface area contributed by atoms with E-state index >= 15 is 0 Å². The summed E-state index contributed by atoms with van der Waals surface area (Å²) in [7, 11) is 0. The van der Waals surface area contributed by atoms with Crippen LogP contribution in [-0.4, -0.2) is 23.0 Å². The molecule has 2 rings (SSSR count). The fourth-order valence-electron chi connectivity index (χ4n) is 2.45. The molecule has 1 saturated carbocycles. The summed E-state index contributed by atoms with van der Waals surface area (Å²) in [6.07, 6.45) is 2.45. The van der Waals surface area contributed by atoms with Gasteiger partial charge in [-0.15, -0.1) is 0 Å². The number of nitrogens with two attached hydrogens (primary N) is 1. The second-order valence-corrected chi connectivity index (χ2v) is 5.63. The smallest absolute Gasteiger partial charge is 0.251 e. The van der Waals surface area contributed by atoms with Crippen LogP contribution in [0.15, 0.2) is 27.8 Å². The van der Waals surface area contributed by atoms with Gasteiger partial charge in [-0.25, -0.2) is 4.39 Å². The first-order chi connectivity index (χ1) is 9.52. The van der Waals surface area contributed by atoms with Gasteiger partial charge in [0, 0.05) is 17.5 Å². The fraction of sp³-hybridized carbons (Fsp3) is 0.385. The third-order valence-electron chi connectivity index (χ3n) is 3.51. The summed E-state index contributed by atoms with van der Waals surface area (Å²) in [6.45, 7) is 0. The number of amidine groups is 1. The molecule has 1 fully saturated rings. The van der Waals surface area contributed by atoms with Gasteiger partial charge in [-0.2, -0.15) is 0 Å². The quantitative estimate of drug-likeness (QED) is 0.340. The van der Waals surface area contributed by atoms with E-state index in [1.807, 2.05) is 0 Å². The minimum Gasteiger partial charge on any atom is -0.409 e. The zero-order valence-corrected chi connectivity index (χ0v) is 12.2. The number of benzene rings is 1. The highest BCUT2D eigenvalue weighted by Crippen LogP contribution is 2.26. The standard InChI is InChI=1S/C13H15BrFN3O2/c14-9-6-7(4-5-10(9)15)13(19)17-11-3-1-2-8(11)12(16)18-20/h4-6,8,11,20H,1-3H2,(H2,16,18)(H,17,19). The first-order valence-electron chi connectivity index (χ1n) is 6.26. The topological polar surface area (TPSA) is 87.7 Å². The van der Waals surface area contributed by atoms with Gasteiger partial charge in [0.1, 0.15) is 11.7 Å². The zero-order chi connectivity index (χ0) is 14.7. The minimum absolute atomic E-state index is 0.132. The lowest BCUT2D eigenvalue weighted by Gasteiger charge is -2.19. The van der Waals surface area contributed by atoms with Crippen molar-refractivity contribution >= 4 is 27.7 Å². The van der Waals surface area contributed by atoms with E-state index in [9.17, 15) is 9.18 Å². The molecule has 2 unspecified atom stereocenters. The number of carbonyl (C=O) groups excluding carboxylic acids is 1. The summed E-state index contributed by atoms with van der Waals surface area (Å²) in [4.78, 5) is 12.1. The molecule has 0 aromatic heterocycles. The van der Waals surface area contributed by atoms with Crippen LogP contribution in [0, 0.1) is 11.7 Å². The number of hydrogen-bond donors (Lipinski definition) is 3. The van der Waals surface area contributed by atoms with Gasteiger partial charge >= 0.3 is 0 Å². The average Bonchev–Trinajstić information content (AvgIpc) is 2.89. The van der Waals surface area contributed by atoms with Crippen molar-refractivity contribution in [3.05, 3.63) is 34.1 Å². The Morgan fingerprint density at radius 2 is 2.25 bits per heavy atom. The van der Waals surface area contributed by atoms with E-state index in [1.54, 1.807) is 0 Å². The number of nitrogens with one attached hydrogen (secondary N) is 1.